The molecule has 0 unspecified atom stereocenters. The van der Waals surface area contributed by atoms with Crippen LogP contribution in [0.2, 0.25) is 0 Å². The van der Waals surface area contributed by atoms with E-state index in [9.17, 15) is 47.9 Å². The Labute approximate surface area is 570 Å². The molecule has 4 rings (SSSR count). The average Bonchev–Trinajstić information content (AvgIpc) is 1.50. The highest BCUT2D eigenvalue weighted by atomic mass is 16.6. The molecule has 23 heteroatoms. The molecule has 1 saturated heterocycles. The van der Waals surface area contributed by atoms with Crippen LogP contribution in [0.1, 0.15) is 187 Å². The van der Waals surface area contributed by atoms with Crippen molar-refractivity contribution < 1.29 is 57.4 Å². The van der Waals surface area contributed by atoms with Gasteiger partial charge in [-0.15, -0.1) is 0 Å². The first-order valence-electron chi connectivity index (χ1n) is 34.7. The standard InChI is InChI=1S/C73H113N11O12/c1-13-14-28-54-37-39-62(55(47-54)31-21-16-15-17-22-35-63(86)74-42-43-75-70(93)96-72(7,8)9)95-71(94)84(12)61-34-24-23-32-56(61)48-76-65(88)59(45-50(2)3)81-67(90)57(33-25-26-44-83(10)11)80-68(91)58(38-36-53-29-19-18-20-30-53)79-64(87)49-77-66(89)60(46-51(4)5)82-69(92)73(52(6)85)40-27-41-78-73/h18-20,23-24,29-30,32,34,37,39,47,50-51,57-60,78H,13-17,21-22,25-28,31,33,35-36,38,40-46,48-49H2,1-12H3,(H,74,86)(H,75,93)(H,76,88)(H,77,89)(H,79,87)(H,80,91)(H,81,90)(H,82,92)/t57-,58-,59-,60-,73-/m0/s1. The first-order valence-corrected chi connectivity index (χ1v) is 34.7. The first-order chi connectivity index (χ1) is 45.6. The number of carbonyl (C=O) groups excluding carboxylic acids is 10. The molecule has 532 valence electrons. The molecule has 9 N–H and O–H groups in total. The lowest BCUT2D eigenvalue weighted by Gasteiger charge is -2.29. The summed E-state index contributed by atoms with van der Waals surface area (Å²) in [6.07, 6.45) is 10.5. The molecular weight excluding hydrogens is 1220 g/mol. The third-order valence-electron chi connectivity index (χ3n) is 16.6. The largest absolute Gasteiger partial charge is 0.444 e. The molecule has 96 heavy (non-hydrogen) atoms. The zero-order chi connectivity index (χ0) is 70.8. The Morgan fingerprint density at radius 1 is 0.594 bits per heavy atom. The number of nitrogens with zero attached hydrogens (tertiary/aromatic N) is 2. The van der Waals surface area contributed by atoms with E-state index in [-0.39, 0.29) is 62.3 Å². The molecule has 0 bridgehead atoms. The SMILES string of the molecule is CCCCc1ccc(OC(=O)N(C)c2ccccc2CNC(=O)[C@H](CC(C)C)NC(=O)[C@H](CCCCN(C)C)NC(=O)[C@H](CCc2ccccc2)NC(=O)CNC(=O)[C@H](CC(C)C)NC(=O)[C@@]2(C(C)=O)CCCN2)c(CCCCCCCC(=O)NCCNC(=O)OC(C)(C)C)c1. The fraction of sp³-hybridized carbons (Fsp3) is 0.616. The smallest absolute Gasteiger partial charge is 0.419 e. The van der Waals surface area contributed by atoms with Crippen molar-refractivity contribution >= 4 is 65.0 Å². The van der Waals surface area contributed by atoms with Gasteiger partial charge in [0.1, 0.15) is 35.5 Å². The number of Topliss-reactive ketones (excluding diaryl/α,β-unsaturated/α-hetero) is 1. The molecule has 3 aromatic rings. The Morgan fingerprint density at radius 2 is 1.22 bits per heavy atom. The van der Waals surface area contributed by atoms with Crippen LogP contribution in [0.4, 0.5) is 15.3 Å². The number of aryl methyl sites for hydroxylation is 3. The third kappa shape index (κ3) is 29.6. The van der Waals surface area contributed by atoms with Gasteiger partial charge < -0.3 is 56.9 Å². The van der Waals surface area contributed by atoms with E-state index in [0.29, 0.717) is 75.0 Å². The molecule has 1 fully saturated rings. The maximum absolute atomic E-state index is 14.6. The molecule has 1 aliphatic rings. The Morgan fingerprint density at radius 3 is 1.86 bits per heavy atom. The maximum atomic E-state index is 14.6. The topological polar surface area (TPSA) is 304 Å². The van der Waals surface area contributed by atoms with Crippen LogP contribution in [-0.4, -0.2) is 153 Å². The number of unbranched alkanes of at least 4 members (excludes halogenated alkanes) is 6. The highest BCUT2D eigenvalue weighted by Gasteiger charge is 2.46. The van der Waals surface area contributed by atoms with Crippen LogP contribution in [0.3, 0.4) is 0 Å². The number of benzene rings is 3. The number of ether oxygens (including phenoxy) is 2. The predicted molar refractivity (Wildman–Crippen MR) is 374 cm³/mol. The highest BCUT2D eigenvalue weighted by Crippen LogP contribution is 2.28. The van der Waals surface area contributed by atoms with Crippen molar-refractivity contribution in [3.8, 4) is 5.75 Å². The van der Waals surface area contributed by atoms with Crippen LogP contribution >= 0.6 is 0 Å². The van der Waals surface area contributed by atoms with E-state index in [1.807, 2.05) is 89.2 Å². The van der Waals surface area contributed by atoms with Gasteiger partial charge in [0.15, 0.2) is 11.3 Å². The van der Waals surface area contributed by atoms with Crippen LogP contribution in [0.5, 0.6) is 5.75 Å². The minimum Gasteiger partial charge on any atom is -0.444 e. The number of anilines is 1. The summed E-state index contributed by atoms with van der Waals surface area (Å²) in [6.45, 7) is 17.7. The summed E-state index contributed by atoms with van der Waals surface area (Å²) in [4.78, 5) is 139. The van der Waals surface area contributed by atoms with Gasteiger partial charge in [-0.3, -0.25) is 48.6 Å². The second-order valence-electron chi connectivity index (χ2n) is 27.4. The van der Waals surface area contributed by atoms with E-state index >= 15 is 0 Å². The van der Waals surface area contributed by atoms with Crippen molar-refractivity contribution in [2.45, 2.75) is 226 Å². The van der Waals surface area contributed by atoms with Crippen molar-refractivity contribution in [3.63, 3.8) is 0 Å². The quantitative estimate of drug-likeness (QED) is 0.0192. The van der Waals surface area contributed by atoms with Gasteiger partial charge in [0.25, 0.3) is 0 Å². The van der Waals surface area contributed by atoms with E-state index in [2.05, 4.69) is 60.8 Å². The molecule has 0 spiro atoms. The summed E-state index contributed by atoms with van der Waals surface area (Å²) in [5, 5.41) is 25.5. The lowest BCUT2D eigenvalue weighted by Crippen LogP contribution is -2.62. The lowest BCUT2D eigenvalue weighted by atomic mass is 9.91. The average molecular weight is 1340 g/mol. The van der Waals surface area contributed by atoms with Gasteiger partial charge in [0.2, 0.25) is 41.4 Å². The molecule has 9 amide bonds. The molecule has 0 radical (unpaired) electrons. The minimum absolute atomic E-state index is 0.00845. The van der Waals surface area contributed by atoms with E-state index < -0.39 is 89.5 Å². The van der Waals surface area contributed by atoms with Gasteiger partial charge >= 0.3 is 12.2 Å². The molecule has 5 atom stereocenters. The van der Waals surface area contributed by atoms with Gasteiger partial charge in [-0.1, -0.05) is 121 Å². The number of carbonyl (C=O) groups is 10. The van der Waals surface area contributed by atoms with E-state index in [1.54, 1.807) is 52.1 Å². The third-order valence-corrected chi connectivity index (χ3v) is 16.6. The van der Waals surface area contributed by atoms with Gasteiger partial charge in [0, 0.05) is 33.1 Å². The Bertz CT molecular complexity index is 2980. The second kappa shape index (κ2) is 41.9. The van der Waals surface area contributed by atoms with Crippen LogP contribution in [0.15, 0.2) is 72.8 Å². The number of ketones is 1. The summed E-state index contributed by atoms with van der Waals surface area (Å²) >= 11 is 0. The molecule has 1 heterocycles. The number of nitrogens with one attached hydrogen (secondary N) is 9. The normalized spacial score (nSPS) is 14.9. The van der Waals surface area contributed by atoms with Crippen molar-refractivity contribution in [2.24, 2.45) is 11.8 Å². The first kappa shape index (κ1) is 80.5. The molecule has 1 aliphatic heterocycles. The van der Waals surface area contributed by atoms with Crippen molar-refractivity contribution in [2.75, 3.05) is 58.8 Å². The molecular formula is C73H113N11O12. The number of amides is 9. The second-order valence-corrected chi connectivity index (χ2v) is 27.4. The molecule has 0 aromatic heterocycles. The molecule has 0 aliphatic carbocycles. The summed E-state index contributed by atoms with van der Waals surface area (Å²) in [5.41, 5.74) is 2.04. The number of hydrogen-bond donors (Lipinski definition) is 9. The predicted octanol–water partition coefficient (Wildman–Crippen LogP) is 8.03. The van der Waals surface area contributed by atoms with E-state index in [0.717, 1.165) is 74.6 Å². The van der Waals surface area contributed by atoms with Crippen molar-refractivity contribution in [1.82, 2.24) is 52.8 Å². The van der Waals surface area contributed by atoms with Gasteiger partial charge in [0.05, 0.1) is 12.2 Å². The highest BCUT2D eigenvalue weighted by molar-refractivity contribution is 6.11. The zero-order valence-electron chi connectivity index (χ0n) is 59.4. The fourth-order valence-electron chi connectivity index (χ4n) is 11.4. The minimum atomic E-state index is -1.44. The maximum Gasteiger partial charge on any atom is 0.419 e. The molecule has 0 saturated carbocycles. The van der Waals surface area contributed by atoms with Crippen LogP contribution in [0, 0.1) is 11.8 Å². The number of rotatable bonds is 42. The van der Waals surface area contributed by atoms with Gasteiger partial charge in [-0.05, 0) is 191 Å². The van der Waals surface area contributed by atoms with E-state index in [4.69, 9.17) is 9.47 Å². The van der Waals surface area contributed by atoms with Crippen molar-refractivity contribution in [1.29, 1.82) is 0 Å². The van der Waals surface area contributed by atoms with Gasteiger partial charge in [-0.25, -0.2) is 9.59 Å². The Hall–Kier alpha value is -7.92. The zero-order valence-corrected chi connectivity index (χ0v) is 59.4. The molecule has 23 nitrogen and oxygen atoms in total. The summed E-state index contributed by atoms with van der Waals surface area (Å²) in [6, 6.07) is 18.1. The lowest BCUT2D eigenvalue weighted by molar-refractivity contribution is -0.139. The number of alkyl carbamates (subject to hydrolysis) is 1. The Balaban J connectivity index is 1.43. The van der Waals surface area contributed by atoms with Crippen LogP contribution < -0.4 is 57.5 Å². The van der Waals surface area contributed by atoms with Crippen molar-refractivity contribution in [3.05, 3.63) is 95.1 Å². The number of hydrogen-bond acceptors (Lipinski definition) is 14. The molecule has 3 aromatic carbocycles. The number of para-hydroxylation sites is 1. The van der Waals surface area contributed by atoms with Crippen LogP contribution in [0.25, 0.3) is 0 Å². The summed E-state index contributed by atoms with van der Waals surface area (Å²) in [5.74, 6) is -3.69. The van der Waals surface area contributed by atoms with Gasteiger partial charge in [-0.2, -0.15) is 0 Å². The van der Waals surface area contributed by atoms with E-state index in [1.165, 1.54) is 11.8 Å². The monoisotopic (exact) mass is 1340 g/mol. The van der Waals surface area contributed by atoms with Crippen LogP contribution in [-0.2, 0) is 68.9 Å². The Kier molecular flexibility index (Phi) is 35.1. The fourth-order valence-corrected chi connectivity index (χ4v) is 11.4. The summed E-state index contributed by atoms with van der Waals surface area (Å²) < 4.78 is 11.4. The summed E-state index contributed by atoms with van der Waals surface area (Å²) in [7, 11) is 5.49.